The Morgan fingerprint density at radius 3 is 2.00 bits per heavy atom. The highest BCUT2D eigenvalue weighted by molar-refractivity contribution is 5.69. The van der Waals surface area contributed by atoms with Gasteiger partial charge in [0.15, 0.2) is 0 Å². The van der Waals surface area contributed by atoms with E-state index >= 15 is 0 Å². The molecule has 116 valence electrons. The van der Waals surface area contributed by atoms with Crippen LogP contribution < -0.4 is 0 Å². The molecule has 2 rings (SSSR count). The Balaban J connectivity index is 2.16. The highest BCUT2D eigenvalue weighted by Gasteiger charge is 2.19. The molecule has 2 atom stereocenters. The fraction of sp³-hybridized carbons (Fsp3) is 0.278. The van der Waals surface area contributed by atoms with Gasteiger partial charge in [0.25, 0.3) is 0 Å². The monoisotopic (exact) mass is 300 g/mol. The molecule has 0 radical (unpaired) electrons. The van der Waals surface area contributed by atoms with Gasteiger partial charge in [-0.2, -0.15) is 0 Å². The molecule has 0 aliphatic carbocycles. The summed E-state index contributed by atoms with van der Waals surface area (Å²) in [6, 6.07) is 14.8. The molecular formula is C18H20O4. The molecule has 0 aliphatic rings. The Hall–Kier alpha value is -2.33. The summed E-state index contributed by atoms with van der Waals surface area (Å²) in [5.41, 5.74) is 3.00. The number of carbonyl (C=O) groups is 1. The second-order valence-corrected chi connectivity index (χ2v) is 5.37. The second kappa shape index (κ2) is 7.09. The third-order valence-electron chi connectivity index (χ3n) is 3.76. The van der Waals surface area contributed by atoms with Crippen molar-refractivity contribution in [2.24, 2.45) is 5.92 Å². The number of rotatable bonds is 6. The van der Waals surface area contributed by atoms with E-state index < -0.39 is 11.9 Å². The van der Waals surface area contributed by atoms with Crippen LogP contribution in [0, 0.1) is 5.92 Å². The standard InChI is InChI=1S/C18H20O4/c1-12(18(20)21)11-17(22-2)15-5-3-13(4-6-15)14-7-9-16(19)10-8-14/h3-10,12,17,19H,11H2,1-2H3,(H,20,21). The van der Waals surface area contributed by atoms with Crippen LogP contribution in [-0.4, -0.2) is 23.3 Å². The minimum atomic E-state index is -0.817. The third-order valence-corrected chi connectivity index (χ3v) is 3.76. The summed E-state index contributed by atoms with van der Waals surface area (Å²) in [6.45, 7) is 1.68. The summed E-state index contributed by atoms with van der Waals surface area (Å²) in [4.78, 5) is 11.0. The molecule has 0 saturated carbocycles. The maximum absolute atomic E-state index is 11.0. The Morgan fingerprint density at radius 2 is 1.55 bits per heavy atom. The van der Waals surface area contributed by atoms with Gasteiger partial charge in [0.05, 0.1) is 12.0 Å². The maximum atomic E-state index is 11.0. The van der Waals surface area contributed by atoms with Crippen molar-refractivity contribution in [3.8, 4) is 16.9 Å². The second-order valence-electron chi connectivity index (χ2n) is 5.37. The number of benzene rings is 2. The number of methoxy groups -OCH3 is 1. The first-order valence-electron chi connectivity index (χ1n) is 7.16. The van der Waals surface area contributed by atoms with E-state index in [9.17, 15) is 9.90 Å². The summed E-state index contributed by atoms with van der Waals surface area (Å²) in [5, 5.41) is 18.3. The van der Waals surface area contributed by atoms with Crippen molar-refractivity contribution in [1.82, 2.24) is 0 Å². The Bertz CT molecular complexity index is 617. The van der Waals surface area contributed by atoms with E-state index in [1.54, 1.807) is 26.2 Å². The van der Waals surface area contributed by atoms with Crippen LogP contribution in [0.5, 0.6) is 5.75 Å². The first-order valence-corrected chi connectivity index (χ1v) is 7.16. The van der Waals surface area contributed by atoms with E-state index in [1.807, 2.05) is 36.4 Å². The molecule has 4 nitrogen and oxygen atoms in total. The number of aliphatic carboxylic acids is 1. The minimum absolute atomic E-state index is 0.236. The zero-order valence-electron chi connectivity index (χ0n) is 12.7. The fourth-order valence-corrected chi connectivity index (χ4v) is 2.33. The predicted molar refractivity (Wildman–Crippen MR) is 84.7 cm³/mol. The molecule has 2 aromatic carbocycles. The van der Waals surface area contributed by atoms with Gasteiger partial charge in [-0.25, -0.2) is 0 Å². The van der Waals surface area contributed by atoms with Crippen LogP contribution >= 0.6 is 0 Å². The third kappa shape index (κ3) is 3.86. The predicted octanol–water partition coefficient (Wildman–Crippen LogP) is 3.86. The molecule has 0 spiro atoms. The average molecular weight is 300 g/mol. The molecule has 4 heteroatoms. The summed E-state index contributed by atoms with van der Waals surface area (Å²) >= 11 is 0. The van der Waals surface area contributed by atoms with Crippen LogP contribution in [0.25, 0.3) is 11.1 Å². The minimum Gasteiger partial charge on any atom is -0.508 e. The Labute approximate surface area is 130 Å². The van der Waals surface area contributed by atoms with Gasteiger partial charge in [0, 0.05) is 7.11 Å². The molecule has 0 saturated heterocycles. The van der Waals surface area contributed by atoms with Crippen molar-refractivity contribution in [3.63, 3.8) is 0 Å². The van der Waals surface area contributed by atoms with Crippen molar-refractivity contribution in [3.05, 3.63) is 54.1 Å². The van der Waals surface area contributed by atoms with Crippen LogP contribution in [-0.2, 0) is 9.53 Å². The number of carboxylic acids is 1. The Kier molecular flexibility index (Phi) is 5.17. The van der Waals surface area contributed by atoms with E-state index in [4.69, 9.17) is 9.84 Å². The number of phenolic OH excluding ortho intramolecular Hbond substituents is 1. The van der Waals surface area contributed by atoms with Crippen molar-refractivity contribution in [2.75, 3.05) is 7.11 Å². The topological polar surface area (TPSA) is 66.8 Å². The van der Waals surface area contributed by atoms with Gasteiger partial charge in [-0.1, -0.05) is 43.3 Å². The lowest BCUT2D eigenvalue weighted by Gasteiger charge is -2.18. The summed E-state index contributed by atoms with van der Waals surface area (Å²) < 4.78 is 5.42. The van der Waals surface area contributed by atoms with Crippen LogP contribution in [0.1, 0.15) is 25.0 Å². The highest BCUT2D eigenvalue weighted by Crippen LogP contribution is 2.28. The SMILES string of the molecule is COC(CC(C)C(=O)O)c1ccc(-c2ccc(O)cc2)cc1. The molecule has 22 heavy (non-hydrogen) atoms. The van der Waals surface area contributed by atoms with Gasteiger partial charge in [0.2, 0.25) is 0 Å². The van der Waals surface area contributed by atoms with Crippen molar-refractivity contribution >= 4 is 5.97 Å². The molecule has 2 N–H and O–H groups in total. The van der Waals surface area contributed by atoms with Gasteiger partial charge in [-0.15, -0.1) is 0 Å². The number of aromatic hydroxyl groups is 1. The molecule has 2 unspecified atom stereocenters. The number of hydrogen-bond donors (Lipinski definition) is 2. The van der Waals surface area contributed by atoms with E-state index in [0.29, 0.717) is 6.42 Å². The van der Waals surface area contributed by atoms with Gasteiger partial charge in [0.1, 0.15) is 5.75 Å². The number of ether oxygens (including phenoxy) is 1. The van der Waals surface area contributed by atoms with Gasteiger partial charge in [-0.05, 0) is 35.2 Å². The zero-order valence-corrected chi connectivity index (χ0v) is 12.7. The van der Waals surface area contributed by atoms with Crippen LogP contribution in [0.3, 0.4) is 0 Å². The van der Waals surface area contributed by atoms with E-state index in [2.05, 4.69) is 0 Å². The number of carboxylic acid groups (broad SMARTS) is 1. The molecule has 0 aromatic heterocycles. The summed E-state index contributed by atoms with van der Waals surface area (Å²) in [6.07, 6.45) is 0.199. The molecule has 2 aromatic rings. The first-order chi connectivity index (χ1) is 10.5. The van der Waals surface area contributed by atoms with Gasteiger partial charge < -0.3 is 14.9 Å². The first kappa shape index (κ1) is 16.0. The molecule has 0 amide bonds. The normalized spacial score (nSPS) is 13.5. The number of phenols is 1. The zero-order chi connectivity index (χ0) is 16.1. The van der Waals surface area contributed by atoms with E-state index in [0.717, 1.165) is 16.7 Å². The number of hydrogen-bond acceptors (Lipinski definition) is 3. The fourth-order valence-electron chi connectivity index (χ4n) is 2.33. The molecule has 0 heterocycles. The van der Waals surface area contributed by atoms with E-state index in [1.165, 1.54) is 0 Å². The smallest absolute Gasteiger partial charge is 0.306 e. The van der Waals surface area contributed by atoms with Gasteiger partial charge >= 0.3 is 5.97 Å². The quantitative estimate of drug-likeness (QED) is 0.850. The van der Waals surface area contributed by atoms with Crippen molar-refractivity contribution < 1.29 is 19.7 Å². The van der Waals surface area contributed by atoms with Crippen LogP contribution in [0.2, 0.25) is 0 Å². The summed E-state index contributed by atoms with van der Waals surface area (Å²) in [7, 11) is 1.59. The highest BCUT2D eigenvalue weighted by atomic mass is 16.5. The lowest BCUT2D eigenvalue weighted by molar-refractivity contribution is -0.142. The van der Waals surface area contributed by atoms with Crippen LogP contribution in [0.15, 0.2) is 48.5 Å². The van der Waals surface area contributed by atoms with Crippen LogP contribution in [0.4, 0.5) is 0 Å². The average Bonchev–Trinajstić information content (AvgIpc) is 2.53. The molecular weight excluding hydrogens is 280 g/mol. The maximum Gasteiger partial charge on any atom is 0.306 e. The Morgan fingerprint density at radius 1 is 1.05 bits per heavy atom. The summed E-state index contributed by atoms with van der Waals surface area (Å²) in [5.74, 6) is -1.04. The van der Waals surface area contributed by atoms with Crippen molar-refractivity contribution in [1.29, 1.82) is 0 Å². The largest absolute Gasteiger partial charge is 0.508 e. The lowest BCUT2D eigenvalue weighted by Crippen LogP contribution is -2.14. The lowest BCUT2D eigenvalue weighted by atomic mass is 9.96. The molecule has 0 fully saturated rings. The van der Waals surface area contributed by atoms with Crippen molar-refractivity contribution in [2.45, 2.75) is 19.4 Å². The molecule has 0 aliphatic heterocycles. The van der Waals surface area contributed by atoms with E-state index in [-0.39, 0.29) is 11.9 Å². The molecule has 0 bridgehead atoms. The van der Waals surface area contributed by atoms with Gasteiger partial charge in [-0.3, -0.25) is 4.79 Å².